The third-order valence-electron chi connectivity index (χ3n) is 1.98. The maximum atomic E-state index is 11.9. The minimum absolute atomic E-state index is 0.109. The van der Waals surface area contributed by atoms with Crippen molar-refractivity contribution in [2.24, 2.45) is 0 Å². The fourth-order valence-corrected chi connectivity index (χ4v) is 2.70. The number of thiophene rings is 1. The molecule has 6 heteroatoms. The van der Waals surface area contributed by atoms with Crippen molar-refractivity contribution in [1.82, 2.24) is 4.90 Å². The minimum Gasteiger partial charge on any atom is -0.383 e. The van der Waals surface area contributed by atoms with Crippen LogP contribution >= 0.6 is 34.5 Å². The van der Waals surface area contributed by atoms with Gasteiger partial charge in [0.2, 0.25) is 0 Å². The van der Waals surface area contributed by atoms with Gasteiger partial charge in [-0.3, -0.25) is 4.79 Å². The van der Waals surface area contributed by atoms with E-state index in [1.807, 2.05) is 0 Å². The zero-order chi connectivity index (χ0) is 12.1. The third-order valence-corrected chi connectivity index (χ3v) is 3.57. The van der Waals surface area contributed by atoms with Crippen molar-refractivity contribution in [3.05, 3.63) is 21.3 Å². The van der Waals surface area contributed by atoms with Crippen molar-refractivity contribution in [2.75, 3.05) is 27.3 Å². The first-order chi connectivity index (χ1) is 7.56. The summed E-state index contributed by atoms with van der Waals surface area (Å²) in [6, 6.07) is 1.71. The van der Waals surface area contributed by atoms with Crippen molar-refractivity contribution in [3.8, 4) is 0 Å². The SMILES string of the molecule is COCC(Cl)CN(C)C(=O)c1sccc1Cl. The number of hydrogen-bond acceptors (Lipinski definition) is 3. The molecule has 0 radical (unpaired) electrons. The minimum atomic E-state index is -0.210. The topological polar surface area (TPSA) is 29.5 Å². The summed E-state index contributed by atoms with van der Waals surface area (Å²) in [5.74, 6) is -0.109. The van der Waals surface area contributed by atoms with E-state index < -0.39 is 0 Å². The normalized spacial score (nSPS) is 12.5. The van der Waals surface area contributed by atoms with Crippen LogP contribution in [-0.4, -0.2) is 43.5 Å². The highest BCUT2D eigenvalue weighted by atomic mass is 35.5. The van der Waals surface area contributed by atoms with Gasteiger partial charge in [0, 0.05) is 20.7 Å². The highest BCUT2D eigenvalue weighted by Crippen LogP contribution is 2.23. The summed E-state index contributed by atoms with van der Waals surface area (Å²) in [5, 5.41) is 2.06. The molecule has 1 unspecified atom stereocenters. The van der Waals surface area contributed by atoms with Gasteiger partial charge in [0.25, 0.3) is 5.91 Å². The van der Waals surface area contributed by atoms with Gasteiger partial charge in [-0.1, -0.05) is 11.6 Å². The van der Waals surface area contributed by atoms with Gasteiger partial charge in [0.15, 0.2) is 0 Å². The Morgan fingerprint density at radius 3 is 2.88 bits per heavy atom. The van der Waals surface area contributed by atoms with E-state index >= 15 is 0 Å². The summed E-state index contributed by atoms with van der Waals surface area (Å²) >= 11 is 13.2. The van der Waals surface area contributed by atoms with Crippen LogP contribution in [0.4, 0.5) is 0 Å². The highest BCUT2D eigenvalue weighted by molar-refractivity contribution is 7.12. The number of halogens is 2. The average Bonchev–Trinajstić information content (AvgIpc) is 2.63. The molecule has 0 aliphatic heterocycles. The second-order valence-electron chi connectivity index (χ2n) is 3.34. The van der Waals surface area contributed by atoms with Gasteiger partial charge >= 0.3 is 0 Å². The van der Waals surface area contributed by atoms with Crippen LogP contribution in [0.1, 0.15) is 9.67 Å². The predicted molar refractivity (Wildman–Crippen MR) is 67.8 cm³/mol. The van der Waals surface area contributed by atoms with E-state index in [1.165, 1.54) is 11.3 Å². The fourth-order valence-electron chi connectivity index (χ4n) is 1.23. The molecule has 1 aromatic heterocycles. The molecule has 1 rings (SSSR count). The first kappa shape index (κ1) is 13.8. The Balaban J connectivity index is 2.58. The molecular weight excluding hydrogens is 269 g/mol. The van der Waals surface area contributed by atoms with Crippen molar-refractivity contribution in [3.63, 3.8) is 0 Å². The molecule has 0 aliphatic rings. The van der Waals surface area contributed by atoms with E-state index in [9.17, 15) is 4.79 Å². The molecule has 3 nitrogen and oxygen atoms in total. The maximum Gasteiger partial charge on any atom is 0.265 e. The van der Waals surface area contributed by atoms with E-state index in [1.54, 1.807) is 30.5 Å². The Bertz CT molecular complexity index is 356. The van der Waals surface area contributed by atoms with Gasteiger partial charge in [-0.15, -0.1) is 22.9 Å². The molecule has 1 aromatic rings. The Morgan fingerprint density at radius 2 is 2.38 bits per heavy atom. The number of methoxy groups -OCH3 is 1. The lowest BCUT2D eigenvalue weighted by Gasteiger charge is -2.19. The number of carbonyl (C=O) groups excluding carboxylic acids is 1. The van der Waals surface area contributed by atoms with Crippen molar-refractivity contribution < 1.29 is 9.53 Å². The van der Waals surface area contributed by atoms with Crippen LogP contribution < -0.4 is 0 Å². The Labute approximate surface area is 109 Å². The molecule has 90 valence electrons. The Morgan fingerprint density at radius 1 is 1.69 bits per heavy atom. The molecule has 0 saturated heterocycles. The van der Waals surface area contributed by atoms with Crippen LogP contribution in [-0.2, 0) is 4.74 Å². The molecule has 0 bridgehead atoms. The second kappa shape index (κ2) is 6.45. The van der Waals surface area contributed by atoms with Crippen LogP contribution in [0.2, 0.25) is 5.02 Å². The van der Waals surface area contributed by atoms with E-state index in [0.29, 0.717) is 23.1 Å². The lowest BCUT2D eigenvalue weighted by atomic mass is 10.3. The number of ether oxygens (including phenoxy) is 1. The summed E-state index contributed by atoms with van der Waals surface area (Å²) in [6.45, 7) is 0.847. The first-order valence-electron chi connectivity index (χ1n) is 4.67. The quantitative estimate of drug-likeness (QED) is 0.777. The molecule has 0 aromatic carbocycles. The van der Waals surface area contributed by atoms with Gasteiger partial charge in [-0.25, -0.2) is 0 Å². The number of amides is 1. The van der Waals surface area contributed by atoms with Crippen LogP contribution in [0, 0.1) is 0 Å². The lowest BCUT2D eigenvalue weighted by Crippen LogP contribution is -2.33. The molecular formula is C10H13Cl2NO2S. The van der Waals surface area contributed by atoms with Crippen LogP contribution in [0.15, 0.2) is 11.4 Å². The largest absolute Gasteiger partial charge is 0.383 e. The maximum absolute atomic E-state index is 11.9. The molecule has 0 saturated carbocycles. The van der Waals surface area contributed by atoms with Crippen molar-refractivity contribution in [2.45, 2.75) is 5.38 Å². The van der Waals surface area contributed by atoms with Crippen LogP contribution in [0.5, 0.6) is 0 Å². The van der Waals surface area contributed by atoms with Crippen molar-refractivity contribution in [1.29, 1.82) is 0 Å². The number of carbonyl (C=O) groups is 1. The van der Waals surface area contributed by atoms with E-state index in [-0.39, 0.29) is 11.3 Å². The molecule has 0 spiro atoms. The van der Waals surface area contributed by atoms with E-state index in [2.05, 4.69) is 0 Å². The van der Waals surface area contributed by atoms with Crippen LogP contribution in [0.25, 0.3) is 0 Å². The zero-order valence-electron chi connectivity index (χ0n) is 9.07. The monoisotopic (exact) mass is 281 g/mol. The first-order valence-corrected chi connectivity index (χ1v) is 6.37. The van der Waals surface area contributed by atoms with Gasteiger partial charge in [-0.05, 0) is 11.4 Å². The van der Waals surface area contributed by atoms with Gasteiger partial charge in [-0.2, -0.15) is 0 Å². The summed E-state index contributed by atoms with van der Waals surface area (Å²) in [7, 11) is 3.27. The molecule has 0 aliphatic carbocycles. The molecule has 0 fully saturated rings. The Kier molecular flexibility index (Phi) is 5.55. The van der Waals surface area contributed by atoms with Gasteiger partial charge in [0.05, 0.1) is 17.0 Å². The molecule has 16 heavy (non-hydrogen) atoms. The summed E-state index contributed by atoms with van der Waals surface area (Å²) in [4.78, 5) is 14.0. The van der Waals surface area contributed by atoms with Gasteiger partial charge in [0.1, 0.15) is 4.88 Å². The Hall–Kier alpha value is -0.290. The lowest BCUT2D eigenvalue weighted by molar-refractivity contribution is 0.0786. The third kappa shape index (κ3) is 3.63. The predicted octanol–water partition coefficient (Wildman–Crippen LogP) is 2.73. The molecule has 0 N–H and O–H groups in total. The number of hydrogen-bond donors (Lipinski definition) is 0. The number of nitrogens with zero attached hydrogens (tertiary/aromatic N) is 1. The standard InChI is InChI=1S/C10H13Cl2NO2S/c1-13(5-7(11)6-15-2)10(14)9-8(12)3-4-16-9/h3-4,7H,5-6H2,1-2H3. The molecule has 1 heterocycles. The second-order valence-corrected chi connectivity index (χ2v) is 5.28. The van der Waals surface area contributed by atoms with Crippen molar-refractivity contribution >= 4 is 40.4 Å². The summed E-state index contributed by atoms with van der Waals surface area (Å²) in [6.07, 6.45) is 0. The highest BCUT2D eigenvalue weighted by Gasteiger charge is 2.18. The smallest absolute Gasteiger partial charge is 0.265 e. The van der Waals surface area contributed by atoms with E-state index in [0.717, 1.165) is 0 Å². The number of alkyl halides is 1. The zero-order valence-corrected chi connectivity index (χ0v) is 11.4. The van der Waals surface area contributed by atoms with Crippen LogP contribution in [0.3, 0.4) is 0 Å². The number of rotatable bonds is 5. The summed E-state index contributed by atoms with van der Waals surface area (Å²) in [5.41, 5.74) is 0. The summed E-state index contributed by atoms with van der Waals surface area (Å²) < 4.78 is 4.91. The fraction of sp³-hybridized carbons (Fsp3) is 0.500. The molecule has 1 amide bonds. The average molecular weight is 282 g/mol. The van der Waals surface area contributed by atoms with E-state index in [4.69, 9.17) is 27.9 Å². The van der Waals surface area contributed by atoms with Gasteiger partial charge < -0.3 is 9.64 Å². The molecule has 1 atom stereocenters.